The van der Waals surface area contributed by atoms with Crippen LogP contribution in [0, 0.1) is 9.49 Å². The second kappa shape index (κ2) is 10.6. The Labute approximate surface area is 199 Å². The molecule has 0 bridgehead atoms. The van der Waals surface area contributed by atoms with E-state index in [-0.39, 0.29) is 11.7 Å². The zero-order valence-corrected chi connectivity index (χ0v) is 20.2. The summed E-state index contributed by atoms with van der Waals surface area (Å²) in [5.41, 5.74) is 1.61. The lowest BCUT2D eigenvalue weighted by Crippen LogP contribution is -2.37. The molecule has 31 heavy (non-hydrogen) atoms. The van der Waals surface area contributed by atoms with E-state index in [2.05, 4.69) is 32.8 Å². The van der Waals surface area contributed by atoms with Crippen molar-refractivity contribution in [3.8, 4) is 0 Å². The van der Waals surface area contributed by atoms with Gasteiger partial charge in [0.1, 0.15) is 0 Å². The fraction of sp³-hybridized carbons (Fsp3) is 0.333. The number of carbonyl (C=O) groups is 2. The quantitative estimate of drug-likeness (QED) is 0.222. The minimum absolute atomic E-state index is 0.110. The van der Waals surface area contributed by atoms with Crippen molar-refractivity contribution in [2.24, 2.45) is 5.92 Å². The van der Waals surface area contributed by atoms with E-state index in [1.807, 2.05) is 53.9 Å². The second-order valence-corrected chi connectivity index (χ2v) is 9.91. The van der Waals surface area contributed by atoms with Crippen molar-refractivity contribution in [3.63, 3.8) is 0 Å². The molecule has 1 aliphatic heterocycles. The molecule has 2 aromatic carbocycles. The zero-order chi connectivity index (χ0) is 21.6. The Hall–Kier alpha value is -1.97. The van der Waals surface area contributed by atoms with E-state index < -0.39 is 6.09 Å². The molecule has 0 unspecified atom stereocenters. The first-order valence-corrected chi connectivity index (χ1v) is 12.5. The summed E-state index contributed by atoms with van der Waals surface area (Å²) < 4.78 is 7.56. The molecule has 1 fully saturated rings. The molecule has 5 nitrogen and oxygen atoms in total. The van der Waals surface area contributed by atoms with E-state index in [9.17, 15) is 9.59 Å². The molecular weight excluding hydrogens is 523 g/mol. The number of nitrogens with zero attached hydrogens (tertiary/aromatic N) is 1. The van der Waals surface area contributed by atoms with Gasteiger partial charge in [-0.3, -0.25) is 10.1 Å². The number of anilines is 1. The standard InChI is InChI=1S/C24H25IN2O3S/c25-20-7-5-17(6-8-20)22(28)18-9-13-27(14-10-18)12-2-15-30-24(29)26-21-4-1-3-19-11-16-31-23(19)21/h1,3-8,11,16,18H,2,9-10,12-15H2,(H,26,29). The van der Waals surface area contributed by atoms with Crippen LogP contribution in [-0.2, 0) is 4.74 Å². The summed E-state index contributed by atoms with van der Waals surface area (Å²) in [6.45, 7) is 3.08. The van der Waals surface area contributed by atoms with E-state index in [0.717, 1.165) is 63.8 Å². The van der Waals surface area contributed by atoms with Crippen molar-refractivity contribution in [1.82, 2.24) is 4.90 Å². The number of benzene rings is 2. The maximum absolute atomic E-state index is 12.7. The van der Waals surface area contributed by atoms with Crippen LogP contribution in [0.25, 0.3) is 10.1 Å². The highest BCUT2D eigenvalue weighted by Gasteiger charge is 2.25. The smallest absolute Gasteiger partial charge is 0.411 e. The van der Waals surface area contributed by atoms with Crippen LogP contribution in [0.4, 0.5) is 10.5 Å². The molecule has 0 saturated carbocycles. The van der Waals surface area contributed by atoms with Gasteiger partial charge in [0.25, 0.3) is 0 Å². The van der Waals surface area contributed by atoms with Gasteiger partial charge in [-0.2, -0.15) is 0 Å². The first kappa shape index (κ1) is 22.2. The van der Waals surface area contributed by atoms with Crippen LogP contribution < -0.4 is 5.32 Å². The number of fused-ring (bicyclic) bond motifs is 1. The molecule has 0 radical (unpaired) electrons. The van der Waals surface area contributed by atoms with E-state index in [1.54, 1.807) is 11.3 Å². The summed E-state index contributed by atoms with van der Waals surface area (Å²) >= 11 is 3.86. The third kappa shape index (κ3) is 5.84. The lowest BCUT2D eigenvalue weighted by molar-refractivity contribution is 0.0830. The van der Waals surface area contributed by atoms with E-state index in [0.29, 0.717) is 6.61 Å². The van der Waals surface area contributed by atoms with Crippen molar-refractivity contribution in [2.75, 3.05) is 31.6 Å². The lowest BCUT2D eigenvalue weighted by Gasteiger charge is -2.31. The van der Waals surface area contributed by atoms with Gasteiger partial charge in [0, 0.05) is 21.6 Å². The third-order valence-corrected chi connectivity index (χ3v) is 7.34. The molecule has 7 heteroatoms. The minimum atomic E-state index is -0.414. The van der Waals surface area contributed by atoms with Gasteiger partial charge in [-0.05, 0) is 90.0 Å². The number of rotatable bonds is 7. The van der Waals surface area contributed by atoms with Gasteiger partial charge in [-0.25, -0.2) is 4.79 Å². The number of carbonyl (C=O) groups excluding carboxylic acids is 2. The molecule has 0 spiro atoms. The number of piperidine rings is 1. The van der Waals surface area contributed by atoms with Gasteiger partial charge in [0.2, 0.25) is 0 Å². The molecule has 4 rings (SSSR count). The highest BCUT2D eigenvalue weighted by Crippen LogP contribution is 2.28. The summed E-state index contributed by atoms with van der Waals surface area (Å²) in [5, 5.41) is 5.97. The molecule has 3 aromatic rings. The number of amides is 1. The molecule has 1 N–H and O–H groups in total. The number of hydrogen-bond donors (Lipinski definition) is 1. The minimum Gasteiger partial charge on any atom is -0.449 e. The van der Waals surface area contributed by atoms with Crippen LogP contribution in [0.5, 0.6) is 0 Å². The van der Waals surface area contributed by atoms with Crippen LogP contribution >= 0.6 is 33.9 Å². The summed E-state index contributed by atoms with van der Waals surface area (Å²) in [4.78, 5) is 27.2. The summed E-state index contributed by atoms with van der Waals surface area (Å²) in [6.07, 6.45) is 2.14. The molecule has 1 aliphatic rings. The lowest BCUT2D eigenvalue weighted by atomic mass is 9.89. The topological polar surface area (TPSA) is 58.6 Å². The zero-order valence-electron chi connectivity index (χ0n) is 17.2. The molecule has 0 atom stereocenters. The van der Waals surface area contributed by atoms with Crippen LogP contribution in [0.15, 0.2) is 53.9 Å². The van der Waals surface area contributed by atoms with Gasteiger partial charge < -0.3 is 9.64 Å². The van der Waals surface area contributed by atoms with Crippen LogP contribution in [0.2, 0.25) is 0 Å². The van der Waals surface area contributed by atoms with Crippen LogP contribution in [0.1, 0.15) is 29.6 Å². The first-order chi connectivity index (χ1) is 15.1. The monoisotopic (exact) mass is 548 g/mol. The fourth-order valence-corrected chi connectivity index (χ4v) is 5.19. The molecule has 0 aliphatic carbocycles. The van der Waals surface area contributed by atoms with Gasteiger partial charge >= 0.3 is 6.09 Å². The maximum Gasteiger partial charge on any atom is 0.411 e. The van der Waals surface area contributed by atoms with Gasteiger partial charge in [0.15, 0.2) is 5.78 Å². The fourth-order valence-electron chi connectivity index (χ4n) is 3.96. The highest BCUT2D eigenvalue weighted by atomic mass is 127. The second-order valence-electron chi connectivity index (χ2n) is 7.75. The Morgan fingerprint density at radius 3 is 2.65 bits per heavy atom. The average Bonchev–Trinajstić information content (AvgIpc) is 3.27. The van der Waals surface area contributed by atoms with E-state index in [4.69, 9.17) is 4.74 Å². The van der Waals surface area contributed by atoms with Gasteiger partial charge in [-0.15, -0.1) is 11.3 Å². The molecule has 1 aromatic heterocycles. The highest BCUT2D eigenvalue weighted by molar-refractivity contribution is 14.1. The molecule has 2 heterocycles. The number of ether oxygens (including phenoxy) is 1. The maximum atomic E-state index is 12.7. The first-order valence-electron chi connectivity index (χ1n) is 10.5. The Morgan fingerprint density at radius 2 is 1.87 bits per heavy atom. The summed E-state index contributed by atoms with van der Waals surface area (Å²) in [7, 11) is 0. The number of hydrogen-bond acceptors (Lipinski definition) is 5. The Kier molecular flexibility index (Phi) is 7.58. The van der Waals surface area contributed by atoms with Crippen molar-refractivity contribution in [2.45, 2.75) is 19.3 Å². The summed E-state index contributed by atoms with van der Waals surface area (Å²) in [6, 6.07) is 15.7. The summed E-state index contributed by atoms with van der Waals surface area (Å²) in [5.74, 6) is 0.370. The molecule has 1 saturated heterocycles. The van der Waals surface area contributed by atoms with E-state index in [1.165, 1.54) is 0 Å². The number of halogens is 1. The number of nitrogens with one attached hydrogen (secondary N) is 1. The third-order valence-electron chi connectivity index (χ3n) is 5.65. The number of Topliss-reactive ketones (excluding diaryl/α,β-unsaturated/α-hetero) is 1. The van der Waals surface area contributed by atoms with Crippen LogP contribution in [0.3, 0.4) is 0 Å². The number of likely N-dealkylation sites (tertiary alicyclic amines) is 1. The number of ketones is 1. The van der Waals surface area contributed by atoms with E-state index >= 15 is 0 Å². The molecule has 1 amide bonds. The van der Waals surface area contributed by atoms with Gasteiger partial charge in [-0.1, -0.05) is 24.3 Å². The Morgan fingerprint density at radius 1 is 1.10 bits per heavy atom. The normalized spacial score (nSPS) is 15.1. The SMILES string of the molecule is O=C(Nc1cccc2ccsc12)OCCCN1CCC(C(=O)c2ccc(I)cc2)CC1. The molecular formula is C24H25IN2O3S. The van der Waals surface area contributed by atoms with Gasteiger partial charge in [0.05, 0.1) is 17.0 Å². The van der Waals surface area contributed by atoms with Crippen LogP contribution in [-0.4, -0.2) is 43.0 Å². The predicted molar refractivity (Wildman–Crippen MR) is 134 cm³/mol. The largest absolute Gasteiger partial charge is 0.449 e. The van der Waals surface area contributed by atoms with Crippen molar-refractivity contribution < 1.29 is 14.3 Å². The Balaban J connectivity index is 1.15. The van der Waals surface area contributed by atoms with Crippen molar-refractivity contribution in [1.29, 1.82) is 0 Å². The predicted octanol–water partition coefficient (Wildman–Crippen LogP) is 6.04. The number of thiophene rings is 1. The van der Waals surface area contributed by atoms with Crippen molar-refractivity contribution in [3.05, 3.63) is 63.0 Å². The average molecular weight is 548 g/mol. The molecule has 162 valence electrons. The Bertz CT molecular complexity index is 1040. The van der Waals surface area contributed by atoms with Crippen molar-refractivity contribution >= 4 is 61.6 Å².